The van der Waals surface area contributed by atoms with Crippen LogP contribution in [0.25, 0.3) is 0 Å². The number of aryl methyl sites for hydroxylation is 3. The normalized spacial score (nSPS) is 10.5. The van der Waals surface area contributed by atoms with Gasteiger partial charge in [-0.05, 0) is 67.1 Å². The molecule has 4 N–H and O–H groups in total. The zero-order valence-electron chi connectivity index (χ0n) is 19.9. The molecule has 0 unspecified atom stereocenters. The van der Waals surface area contributed by atoms with Crippen molar-refractivity contribution in [3.8, 4) is 5.75 Å². The molecule has 3 aromatic rings. The Bertz CT molecular complexity index is 1100. The van der Waals surface area contributed by atoms with E-state index in [4.69, 9.17) is 20.6 Å². The Morgan fingerprint density at radius 3 is 2.29 bits per heavy atom. The number of nitrogens with two attached hydrogens (primary N) is 1. The highest BCUT2D eigenvalue weighted by molar-refractivity contribution is 5.95. The highest BCUT2D eigenvalue weighted by atomic mass is 16.5. The fraction of sp³-hybridized carbons (Fsp3) is 0.286. The molecule has 178 valence electrons. The Kier molecular flexibility index (Phi) is 9.09. The average molecular weight is 460 g/mol. The van der Waals surface area contributed by atoms with E-state index >= 15 is 0 Å². The number of hydrogen-bond donors (Lipinski definition) is 3. The molecule has 0 radical (unpaired) electrons. The summed E-state index contributed by atoms with van der Waals surface area (Å²) in [7, 11) is 0. The molecule has 0 spiro atoms. The number of anilines is 1. The predicted octanol–water partition coefficient (Wildman–Crippen LogP) is 4.87. The number of esters is 1. The minimum absolute atomic E-state index is 0.0144. The van der Waals surface area contributed by atoms with E-state index in [0.717, 1.165) is 41.8 Å². The minimum Gasteiger partial charge on any atom is -0.493 e. The quantitative estimate of drug-likeness (QED) is 0.155. The minimum atomic E-state index is -0.323. The van der Waals surface area contributed by atoms with Crippen molar-refractivity contribution in [3.63, 3.8) is 0 Å². The third-order valence-electron chi connectivity index (χ3n) is 5.57. The first-order chi connectivity index (χ1) is 16.5. The maximum absolute atomic E-state index is 12.6. The summed E-state index contributed by atoms with van der Waals surface area (Å²) < 4.78 is 11.4. The van der Waals surface area contributed by atoms with Crippen molar-refractivity contribution in [1.29, 1.82) is 5.41 Å². The molecule has 6 heteroatoms. The fourth-order valence-electron chi connectivity index (χ4n) is 3.78. The maximum atomic E-state index is 12.6. The van der Waals surface area contributed by atoms with Crippen LogP contribution in [0.5, 0.6) is 5.75 Å². The fourth-order valence-corrected chi connectivity index (χ4v) is 3.78. The molecular weight excluding hydrogens is 426 g/mol. The summed E-state index contributed by atoms with van der Waals surface area (Å²) in [6.45, 7) is 4.65. The van der Waals surface area contributed by atoms with Gasteiger partial charge in [-0.25, -0.2) is 0 Å². The number of nitrogen functional groups attached to an aromatic ring is 1. The van der Waals surface area contributed by atoms with Gasteiger partial charge in [-0.2, -0.15) is 0 Å². The zero-order chi connectivity index (χ0) is 24.3. The summed E-state index contributed by atoms with van der Waals surface area (Å²) in [5, 5.41) is 10.5. The molecule has 3 aromatic carbocycles. The van der Waals surface area contributed by atoms with Crippen molar-refractivity contribution in [1.82, 2.24) is 0 Å². The number of carbonyl (C=O) groups excluding carboxylic acids is 1. The van der Waals surface area contributed by atoms with Gasteiger partial charge in [-0.3, -0.25) is 10.2 Å². The first-order valence-corrected chi connectivity index (χ1v) is 11.7. The van der Waals surface area contributed by atoms with E-state index < -0.39 is 0 Å². The van der Waals surface area contributed by atoms with E-state index in [1.54, 1.807) is 24.3 Å². The van der Waals surface area contributed by atoms with Gasteiger partial charge < -0.3 is 20.5 Å². The Balaban J connectivity index is 1.66. The van der Waals surface area contributed by atoms with Crippen LogP contribution in [0.4, 0.5) is 5.69 Å². The van der Waals surface area contributed by atoms with Gasteiger partial charge in [-0.1, -0.05) is 49.4 Å². The van der Waals surface area contributed by atoms with Gasteiger partial charge in [0.25, 0.3) is 0 Å². The Morgan fingerprint density at radius 2 is 1.65 bits per heavy atom. The lowest BCUT2D eigenvalue weighted by Crippen LogP contribution is -2.16. The van der Waals surface area contributed by atoms with E-state index in [-0.39, 0.29) is 25.0 Å². The highest BCUT2D eigenvalue weighted by Gasteiger charge is 2.16. The summed E-state index contributed by atoms with van der Waals surface area (Å²) in [6.07, 6.45) is 2.77. The van der Waals surface area contributed by atoms with Crippen LogP contribution in [0.3, 0.4) is 0 Å². The highest BCUT2D eigenvalue weighted by Crippen LogP contribution is 2.29. The molecule has 0 atom stereocenters. The van der Waals surface area contributed by atoms with Gasteiger partial charge in [0.05, 0.1) is 13.0 Å². The molecule has 0 saturated carbocycles. The second-order valence-electron chi connectivity index (χ2n) is 8.02. The smallest absolute Gasteiger partial charge is 0.312 e. The van der Waals surface area contributed by atoms with Gasteiger partial charge in [0.2, 0.25) is 0 Å². The third kappa shape index (κ3) is 7.10. The van der Waals surface area contributed by atoms with E-state index in [1.807, 2.05) is 19.1 Å². The Labute approximate surface area is 201 Å². The van der Waals surface area contributed by atoms with Crippen LogP contribution in [-0.4, -0.2) is 25.1 Å². The second kappa shape index (κ2) is 12.4. The lowest BCUT2D eigenvalue weighted by atomic mass is 9.96. The largest absolute Gasteiger partial charge is 0.493 e. The van der Waals surface area contributed by atoms with Crippen LogP contribution in [-0.2, 0) is 35.2 Å². The van der Waals surface area contributed by atoms with Gasteiger partial charge in [0.1, 0.15) is 11.6 Å². The Hall–Kier alpha value is -3.80. The van der Waals surface area contributed by atoms with Crippen molar-refractivity contribution < 1.29 is 14.3 Å². The lowest BCUT2D eigenvalue weighted by molar-refractivity contribution is -0.142. The van der Waals surface area contributed by atoms with Crippen LogP contribution in [0.1, 0.15) is 41.7 Å². The number of hydrogen-bond acceptors (Lipinski definition) is 5. The number of amidine groups is 1. The monoisotopic (exact) mass is 459 g/mol. The number of nitrogens with one attached hydrogen (secondary N) is 2. The maximum Gasteiger partial charge on any atom is 0.312 e. The van der Waals surface area contributed by atoms with Crippen LogP contribution >= 0.6 is 0 Å². The summed E-state index contributed by atoms with van der Waals surface area (Å²) in [5.74, 6) is 0.483. The molecule has 0 fully saturated rings. The van der Waals surface area contributed by atoms with Gasteiger partial charge in [0, 0.05) is 16.8 Å². The molecule has 0 aliphatic rings. The zero-order valence-corrected chi connectivity index (χ0v) is 19.9. The SMILES string of the molecule is CCOc1c(CCc2ccccc2)cc(CC)cc1CC(=O)OCNc1ccc(C(=N)N)cc1. The van der Waals surface area contributed by atoms with Crippen LogP contribution < -0.4 is 15.8 Å². The average Bonchev–Trinajstić information content (AvgIpc) is 2.85. The van der Waals surface area contributed by atoms with Crippen molar-refractivity contribution in [3.05, 3.63) is 94.5 Å². The molecule has 0 aliphatic heterocycles. The third-order valence-corrected chi connectivity index (χ3v) is 5.57. The van der Waals surface area contributed by atoms with Crippen LogP contribution in [0, 0.1) is 5.41 Å². The summed E-state index contributed by atoms with van der Waals surface area (Å²) in [6, 6.07) is 21.7. The lowest BCUT2D eigenvalue weighted by Gasteiger charge is -2.17. The van der Waals surface area contributed by atoms with Gasteiger partial charge >= 0.3 is 5.97 Å². The summed E-state index contributed by atoms with van der Waals surface area (Å²) >= 11 is 0. The van der Waals surface area contributed by atoms with Gasteiger partial charge in [-0.15, -0.1) is 0 Å². The van der Waals surface area contributed by atoms with Crippen molar-refractivity contribution in [2.45, 2.75) is 39.5 Å². The molecule has 34 heavy (non-hydrogen) atoms. The molecule has 0 aliphatic carbocycles. The first-order valence-electron chi connectivity index (χ1n) is 11.7. The predicted molar refractivity (Wildman–Crippen MR) is 137 cm³/mol. The molecule has 0 amide bonds. The molecule has 0 heterocycles. The molecule has 0 bridgehead atoms. The van der Waals surface area contributed by atoms with E-state index in [2.05, 4.69) is 42.6 Å². The number of rotatable bonds is 12. The summed E-state index contributed by atoms with van der Waals surface area (Å²) in [4.78, 5) is 12.6. The Morgan fingerprint density at radius 1 is 0.941 bits per heavy atom. The van der Waals surface area contributed by atoms with Crippen molar-refractivity contribution in [2.24, 2.45) is 5.73 Å². The number of benzene rings is 3. The standard InChI is InChI=1S/C28H33N3O3/c1-3-20-16-23(11-10-21-8-6-5-7-9-21)27(33-4-2)24(17-20)18-26(32)34-19-31-25-14-12-22(13-15-25)28(29)30/h5-9,12-17,31H,3-4,10-11,18-19H2,1-2H3,(H3,29,30). The van der Waals surface area contributed by atoms with E-state index in [0.29, 0.717) is 12.2 Å². The molecule has 0 aromatic heterocycles. The number of carbonyl (C=O) groups is 1. The van der Waals surface area contributed by atoms with Crippen molar-refractivity contribution >= 4 is 17.5 Å². The van der Waals surface area contributed by atoms with Crippen LogP contribution in [0.2, 0.25) is 0 Å². The first kappa shape index (κ1) is 24.8. The molecular formula is C28H33N3O3. The van der Waals surface area contributed by atoms with Crippen molar-refractivity contribution in [2.75, 3.05) is 18.7 Å². The van der Waals surface area contributed by atoms with Crippen LogP contribution in [0.15, 0.2) is 66.7 Å². The number of ether oxygens (including phenoxy) is 2. The summed E-state index contributed by atoms with van der Waals surface area (Å²) in [5.41, 5.74) is 11.3. The van der Waals surface area contributed by atoms with Gasteiger partial charge in [0.15, 0.2) is 6.73 Å². The molecule has 3 rings (SSSR count). The topological polar surface area (TPSA) is 97.4 Å². The molecule has 6 nitrogen and oxygen atoms in total. The second-order valence-corrected chi connectivity index (χ2v) is 8.02. The van der Waals surface area contributed by atoms with E-state index in [1.165, 1.54) is 11.1 Å². The van der Waals surface area contributed by atoms with E-state index in [9.17, 15) is 4.79 Å². The molecule has 0 saturated heterocycles.